The van der Waals surface area contributed by atoms with E-state index in [9.17, 15) is 4.79 Å². The normalized spacial score (nSPS) is 10.3. The summed E-state index contributed by atoms with van der Waals surface area (Å²) in [6.07, 6.45) is 0. The molecule has 0 spiro atoms. The number of amides is 1. The molecular weight excluding hydrogens is 284 g/mol. The van der Waals surface area contributed by atoms with Crippen molar-refractivity contribution in [3.05, 3.63) is 33.2 Å². The zero-order chi connectivity index (χ0) is 14.0. The van der Waals surface area contributed by atoms with Gasteiger partial charge in [-0.15, -0.1) is 10.2 Å². The van der Waals surface area contributed by atoms with E-state index in [1.165, 1.54) is 0 Å². The van der Waals surface area contributed by atoms with Gasteiger partial charge in [-0.1, -0.05) is 17.4 Å². The van der Waals surface area contributed by atoms with E-state index in [0.717, 1.165) is 22.6 Å². The van der Waals surface area contributed by atoms with Gasteiger partial charge in [0.2, 0.25) is 9.47 Å². The molecule has 2 aromatic rings. The summed E-state index contributed by atoms with van der Waals surface area (Å²) in [5.41, 5.74) is 2.90. The van der Waals surface area contributed by atoms with Gasteiger partial charge in [-0.05, 0) is 36.2 Å². The van der Waals surface area contributed by atoms with Gasteiger partial charge in [-0.2, -0.15) is 0 Å². The lowest BCUT2D eigenvalue weighted by Gasteiger charge is -2.16. The van der Waals surface area contributed by atoms with Crippen LogP contribution in [0.2, 0.25) is 4.47 Å². The molecule has 19 heavy (non-hydrogen) atoms. The van der Waals surface area contributed by atoms with Crippen LogP contribution in [0, 0.1) is 6.92 Å². The molecule has 0 unspecified atom stereocenters. The van der Waals surface area contributed by atoms with E-state index < -0.39 is 0 Å². The summed E-state index contributed by atoms with van der Waals surface area (Å²) in [6, 6.07) is 5.72. The lowest BCUT2D eigenvalue weighted by molar-refractivity contribution is 0.102. The van der Waals surface area contributed by atoms with Crippen LogP contribution in [0.4, 0.5) is 11.4 Å². The largest absolute Gasteiger partial charge is 0.377 e. The van der Waals surface area contributed by atoms with Crippen molar-refractivity contribution in [2.24, 2.45) is 0 Å². The topological polar surface area (TPSA) is 58.1 Å². The zero-order valence-electron chi connectivity index (χ0n) is 10.8. The van der Waals surface area contributed by atoms with Gasteiger partial charge in [-0.3, -0.25) is 4.79 Å². The number of hydrogen-bond acceptors (Lipinski definition) is 5. The number of aromatic nitrogens is 2. The molecule has 2 rings (SSSR count). The Morgan fingerprint density at radius 1 is 1.37 bits per heavy atom. The summed E-state index contributed by atoms with van der Waals surface area (Å²) >= 11 is 6.70. The lowest BCUT2D eigenvalue weighted by Crippen LogP contribution is -2.14. The van der Waals surface area contributed by atoms with Crippen molar-refractivity contribution >= 4 is 40.2 Å². The van der Waals surface area contributed by atoms with Crippen molar-refractivity contribution in [3.8, 4) is 0 Å². The molecule has 0 aliphatic heterocycles. The van der Waals surface area contributed by atoms with Crippen LogP contribution in [0.25, 0.3) is 0 Å². The first-order valence-electron chi connectivity index (χ1n) is 5.55. The Morgan fingerprint density at radius 2 is 2.11 bits per heavy atom. The molecule has 1 N–H and O–H groups in total. The van der Waals surface area contributed by atoms with E-state index in [2.05, 4.69) is 15.5 Å². The van der Waals surface area contributed by atoms with Crippen LogP contribution in [-0.2, 0) is 0 Å². The van der Waals surface area contributed by atoms with Crippen LogP contribution in [0.3, 0.4) is 0 Å². The molecule has 5 nitrogen and oxygen atoms in total. The second-order valence-electron chi connectivity index (χ2n) is 4.21. The number of benzene rings is 1. The zero-order valence-corrected chi connectivity index (χ0v) is 12.3. The molecule has 0 radical (unpaired) electrons. The van der Waals surface area contributed by atoms with Crippen molar-refractivity contribution in [2.75, 3.05) is 24.3 Å². The minimum absolute atomic E-state index is 0.247. The van der Waals surface area contributed by atoms with Crippen LogP contribution in [0.5, 0.6) is 0 Å². The third kappa shape index (κ3) is 3.21. The van der Waals surface area contributed by atoms with Gasteiger partial charge in [0.25, 0.3) is 5.91 Å². The fourth-order valence-electron chi connectivity index (χ4n) is 1.65. The Balaban J connectivity index is 2.20. The second-order valence-corrected chi connectivity index (χ2v) is 5.77. The van der Waals surface area contributed by atoms with Crippen molar-refractivity contribution < 1.29 is 4.79 Å². The highest BCUT2D eigenvalue weighted by atomic mass is 35.5. The number of nitrogens with zero attached hydrogens (tertiary/aromatic N) is 3. The smallest absolute Gasteiger partial charge is 0.286 e. The highest BCUT2D eigenvalue weighted by Crippen LogP contribution is 2.23. The first-order valence-corrected chi connectivity index (χ1v) is 6.75. The van der Waals surface area contributed by atoms with Crippen molar-refractivity contribution in [2.45, 2.75) is 6.92 Å². The molecule has 1 heterocycles. The number of aryl methyl sites for hydroxylation is 1. The maximum absolute atomic E-state index is 11.9. The molecule has 0 aliphatic carbocycles. The number of anilines is 2. The molecule has 100 valence electrons. The van der Waals surface area contributed by atoms with Crippen LogP contribution < -0.4 is 10.2 Å². The van der Waals surface area contributed by atoms with Gasteiger partial charge >= 0.3 is 0 Å². The van der Waals surface area contributed by atoms with Gasteiger partial charge < -0.3 is 10.2 Å². The Bertz CT molecular complexity index is 612. The van der Waals surface area contributed by atoms with Crippen molar-refractivity contribution in [1.29, 1.82) is 0 Å². The number of rotatable bonds is 3. The molecule has 1 amide bonds. The molecule has 0 saturated carbocycles. The third-order valence-corrected chi connectivity index (χ3v) is 3.56. The van der Waals surface area contributed by atoms with E-state index >= 15 is 0 Å². The maximum atomic E-state index is 11.9. The standard InChI is InChI=1S/C12H13ClN4OS/c1-7-4-5-8(6-9(7)17(2)3)14-10(18)11-15-16-12(13)19-11/h4-6H,1-3H3,(H,14,18). The molecule has 0 saturated heterocycles. The quantitative estimate of drug-likeness (QED) is 0.946. The van der Waals surface area contributed by atoms with Gasteiger partial charge in [0.1, 0.15) is 0 Å². The van der Waals surface area contributed by atoms with Crippen LogP contribution in [-0.4, -0.2) is 30.2 Å². The summed E-state index contributed by atoms with van der Waals surface area (Å²) < 4.78 is 0.253. The minimum Gasteiger partial charge on any atom is -0.377 e. The summed E-state index contributed by atoms with van der Waals surface area (Å²) in [5, 5.41) is 10.3. The molecule has 0 bridgehead atoms. The molecule has 0 atom stereocenters. The second kappa shape index (κ2) is 5.54. The lowest BCUT2D eigenvalue weighted by atomic mass is 10.1. The van der Waals surface area contributed by atoms with Gasteiger partial charge in [0.05, 0.1) is 0 Å². The van der Waals surface area contributed by atoms with Crippen molar-refractivity contribution in [1.82, 2.24) is 10.2 Å². The number of nitrogens with one attached hydrogen (secondary N) is 1. The number of hydrogen-bond donors (Lipinski definition) is 1. The average Bonchev–Trinajstić information content (AvgIpc) is 2.78. The van der Waals surface area contributed by atoms with Crippen LogP contribution >= 0.6 is 22.9 Å². The van der Waals surface area contributed by atoms with Crippen LogP contribution in [0.15, 0.2) is 18.2 Å². The van der Waals surface area contributed by atoms with E-state index in [1.54, 1.807) is 0 Å². The Hall–Kier alpha value is -1.66. The summed E-state index contributed by atoms with van der Waals surface area (Å²) in [5.74, 6) is -0.307. The Labute approximate surface area is 120 Å². The molecule has 0 fully saturated rings. The van der Waals surface area contributed by atoms with E-state index in [-0.39, 0.29) is 15.4 Å². The van der Waals surface area contributed by atoms with E-state index in [1.807, 2.05) is 44.1 Å². The van der Waals surface area contributed by atoms with Gasteiger partial charge in [0, 0.05) is 25.5 Å². The predicted molar refractivity (Wildman–Crippen MR) is 78.4 cm³/mol. The first-order chi connectivity index (χ1) is 8.97. The summed E-state index contributed by atoms with van der Waals surface area (Å²) in [6.45, 7) is 2.02. The third-order valence-electron chi connectivity index (χ3n) is 2.54. The van der Waals surface area contributed by atoms with Gasteiger partial charge in [-0.25, -0.2) is 0 Å². The summed E-state index contributed by atoms with van der Waals surface area (Å²) in [7, 11) is 3.91. The summed E-state index contributed by atoms with van der Waals surface area (Å²) in [4.78, 5) is 13.9. The molecule has 1 aromatic carbocycles. The highest BCUT2D eigenvalue weighted by Gasteiger charge is 2.13. The fourth-order valence-corrected chi connectivity index (χ4v) is 2.37. The number of carbonyl (C=O) groups excluding carboxylic acids is 1. The Kier molecular flexibility index (Phi) is 4.01. The molecule has 1 aromatic heterocycles. The van der Waals surface area contributed by atoms with E-state index in [4.69, 9.17) is 11.6 Å². The van der Waals surface area contributed by atoms with E-state index in [0.29, 0.717) is 5.69 Å². The number of carbonyl (C=O) groups is 1. The predicted octanol–water partition coefficient (Wildman–Crippen LogP) is 2.82. The maximum Gasteiger partial charge on any atom is 0.286 e. The highest BCUT2D eigenvalue weighted by molar-refractivity contribution is 7.17. The molecule has 7 heteroatoms. The Morgan fingerprint density at radius 3 is 2.68 bits per heavy atom. The molecular formula is C12H13ClN4OS. The number of halogens is 1. The van der Waals surface area contributed by atoms with Crippen LogP contribution in [0.1, 0.15) is 15.4 Å². The fraction of sp³-hybridized carbons (Fsp3) is 0.250. The SMILES string of the molecule is Cc1ccc(NC(=O)c2nnc(Cl)s2)cc1N(C)C. The monoisotopic (exact) mass is 296 g/mol. The van der Waals surface area contributed by atoms with Gasteiger partial charge in [0.15, 0.2) is 0 Å². The average molecular weight is 297 g/mol. The molecule has 0 aliphatic rings. The first kappa shape index (κ1) is 13.8. The minimum atomic E-state index is -0.307. The van der Waals surface area contributed by atoms with Crippen molar-refractivity contribution in [3.63, 3.8) is 0 Å².